The fourth-order valence-electron chi connectivity index (χ4n) is 1.52. The largest absolute Gasteiger partial charge is 0.477 e. The number of thiophene rings is 1. The second-order valence-electron chi connectivity index (χ2n) is 3.79. The second-order valence-corrected chi connectivity index (χ2v) is 5.28. The maximum Gasteiger partial charge on any atom is 0.345 e. The van der Waals surface area contributed by atoms with E-state index in [1.165, 1.54) is 6.07 Å². The van der Waals surface area contributed by atoms with Gasteiger partial charge in [-0.15, -0.1) is 11.3 Å². The van der Waals surface area contributed by atoms with Gasteiger partial charge in [0, 0.05) is 5.02 Å². The normalized spacial score (nSPS) is 10.2. The van der Waals surface area contributed by atoms with Crippen molar-refractivity contribution in [3.8, 4) is 0 Å². The topological polar surface area (TPSA) is 66.4 Å². The molecule has 0 bridgehead atoms. The highest BCUT2D eigenvalue weighted by molar-refractivity contribution is 7.18. The van der Waals surface area contributed by atoms with E-state index in [0.29, 0.717) is 10.0 Å². The summed E-state index contributed by atoms with van der Waals surface area (Å²) in [5, 5.41) is 12.5. The summed E-state index contributed by atoms with van der Waals surface area (Å²) >= 11 is 6.98. The average Bonchev–Trinajstić information content (AvgIpc) is 2.80. The third-order valence-corrected chi connectivity index (χ3v) is 3.75. The van der Waals surface area contributed by atoms with Crippen molar-refractivity contribution in [3.05, 3.63) is 51.9 Å². The van der Waals surface area contributed by atoms with E-state index in [1.54, 1.807) is 24.3 Å². The van der Waals surface area contributed by atoms with Gasteiger partial charge in [0.2, 0.25) is 5.91 Å². The fraction of sp³-hybridized carbons (Fsp3) is 0.0769. The number of halogens is 1. The Kier molecular flexibility index (Phi) is 4.19. The molecule has 0 fully saturated rings. The zero-order valence-corrected chi connectivity index (χ0v) is 11.3. The molecular weight excluding hydrogens is 286 g/mol. The highest BCUT2D eigenvalue weighted by Gasteiger charge is 2.10. The van der Waals surface area contributed by atoms with E-state index in [1.807, 2.05) is 6.07 Å². The fourth-order valence-corrected chi connectivity index (χ4v) is 2.48. The Labute approximate surface area is 118 Å². The van der Waals surface area contributed by atoms with Gasteiger partial charge in [0.25, 0.3) is 0 Å². The Hall–Kier alpha value is -1.85. The zero-order chi connectivity index (χ0) is 13.8. The molecule has 1 aromatic heterocycles. The molecule has 0 aliphatic rings. The molecule has 2 rings (SSSR count). The van der Waals surface area contributed by atoms with Crippen LogP contribution in [0.15, 0.2) is 36.4 Å². The molecule has 0 saturated heterocycles. The van der Waals surface area contributed by atoms with Gasteiger partial charge in [-0.2, -0.15) is 0 Å². The number of rotatable bonds is 4. The molecule has 0 radical (unpaired) electrons. The lowest BCUT2D eigenvalue weighted by atomic mass is 10.1. The van der Waals surface area contributed by atoms with Gasteiger partial charge in [0.1, 0.15) is 4.88 Å². The lowest BCUT2D eigenvalue weighted by molar-refractivity contribution is -0.115. The summed E-state index contributed by atoms with van der Waals surface area (Å²) in [6, 6.07) is 10.1. The smallest absolute Gasteiger partial charge is 0.345 e. The lowest BCUT2D eigenvalue weighted by Gasteiger charge is -2.04. The van der Waals surface area contributed by atoms with E-state index in [0.717, 1.165) is 16.9 Å². The number of carbonyl (C=O) groups excluding carboxylic acids is 1. The molecule has 19 heavy (non-hydrogen) atoms. The summed E-state index contributed by atoms with van der Waals surface area (Å²) in [7, 11) is 0. The molecule has 1 aromatic carbocycles. The molecule has 98 valence electrons. The molecule has 0 saturated carbocycles. The van der Waals surface area contributed by atoms with Gasteiger partial charge in [0.15, 0.2) is 0 Å². The maximum absolute atomic E-state index is 11.8. The molecular formula is C13H10ClNO3S. The summed E-state index contributed by atoms with van der Waals surface area (Å²) in [5.74, 6) is -1.23. The number of amides is 1. The first-order chi connectivity index (χ1) is 9.06. The van der Waals surface area contributed by atoms with Crippen LogP contribution in [0.4, 0.5) is 5.00 Å². The van der Waals surface area contributed by atoms with Gasteiger partial charge in [-0.1, -0.05) is 29.8 Å². The first kappa shape index (κ1) is 13.6. The first-order valence-corrected chi connectivity index (χ1v) is 6.62. The van der Waals surface area contributed by atoms with Gasteiger partial charge < -0.3 is 10.4 Å². The molecule has 0 aliphatic heterocycles. The molecule has 4 nitrogen and oxygen atoms in total. The quantitative estimate of drug-likeness (QED) is 0.909. The molecule has 1 amide bonds. The molecule has 0 atom stereocenters. The average molecular weight is 296 g/mol. The van der Waals surface area contributed by atoms with Crippen LogP contribution in [0, 0.1) is 0 Å². The van der Waals surface area contributed by atoms with Crippen LogP contribution in [-0.4, -0.2) is 17.0 Å². The monoisotopic (exact) mass is 295 g/mol. The molecule has 6 heteroatoms. The van der Waals surface area contributed by atoms with Crippen LogP contribution >= 0.6 is 22.9 Å². The van der Waals surface area contributed by atoms with Crippen molar-refractivity contribution in [1.29, 1.82) is 0 Å². The highest BCUT2D eigenvalue weighted by Crippen LogP contribution is 2.22. The SMILES string of the molecule is O=C(Cc1ccccc1Cl)Nc1ccc(C(=O)O)s1. The van der Waals surface area contributed by atoms with E-state index in [2.05, 4.69) is 5.32 Å². The highest BCUT2D eigenvalue weighted by atomic mass is 35.5. The molecule has 0 aliphatic carbocycles. The van der Waals surface area contributed by atoms with Crippen LogP contribution in [0.2, 0.25) is 5.02 Å². The summed E-state index contributed by atoms with van der Waals surface area (Å²) < 4.78 is 0. The van der Waals surface area contributed by atoms with E-state index in [-0.39, 0.29) is 17.2 Å². The Balaban J connectivity index is 2.01. The molecule has 2 aromatic rings. The minimum Gasteiger partial charge on any atom is -0.477 e. The Bertz CT molecular complexity index is 624. The predicted octanol–water partition coefficient (Wildman–Crippen LogP) is 3.28. The van der Waals surface area contributed by atoms with Crippen molar-refractivity contribution in [2.24, 2.45) is 0 Å². The van der Waals surface area contributed by atoms with Crippen molar-refractivity contribution in [3.63, 3.8) is 0 Å². The Morgan fingerprint density at radius 3 is 2.58 bits per heavy atom. The third-order valence-electron chi connectivity index (χ3n) is 2.39. The first-order valence-electron chi connectivity index (χ1n) is 5.42. The summed E-state index contributed by atoms with van der Waals surface area (Å²) in [5.41, 5.74) is 0.733. The van der Waals surface area contributed by atoms with Crippen molar-refractivity contribution < 1.29 is 14.7 Å². The van der Waals surface area contributed by atoms with Gasteiger partial charge >= 0.3 is 5.97 Å². The predicted molar refractivity (Wildman–Crippen MR) is 75.1 cm³/mol. The lowest BCUT2D eigenvalue weighted by Crippen LogP contribution is -2.13. The maximum atomic E-state index is 11.8. The second kappa shape index (κ2) is 5.86. The zero-order valence-electron chi connectivity index (χ0n) is 9.72. The number of aromatic carboxylic acids is 1. The molecule has 2 N–H and O–H groups in total. The molecule has 0 spiro atoms. The van der Waals surface area contributed by atoms with Crippen LogP contribution in [-0.2, 0) is 11.2 Å². The van der Waals surface area contributed by atoms with Crippen molar-refractivity contribution in [1.82, 2.24) is 0 Å². The number of hydrogen-bond donors (Lipinski definition) is 2. The van der Waals surface area contributed by atoms with Crippen molar-refractivity contribution in [2.45, 2.75) is 6.42 Å². The Morgan fingerprint density at radius 1 is 1.21 bits per heavy atom. The minimum absolute atomic E-state index is 0.153. The van der Waals surface area contributed by atoms with E-state index < -0.39 is 5.97 Å². The van der Waals surface area contributed by atoms with Gasteiger partial charge in [-0.3, -0.25) is 4.79 Å². The van der Waals surface area contributed by atoms with Crippen LogP contribution < -0.4 is 5.32 Å². The van der Waals surface area contributed by atoms with Crippen LogP contribution in [0.25, 0.3) is 0 Å². The number of nitrogens with one attached hydrogen (secondary N) is 1. The van der Waals surface area contributed by atoms with Crippen molar-refractivity contribution >= 4 is 39.8 Å². The number of carboxylic acid groups (broad SMARTS) is 1. The molecule has 0 unspecified atom stereocenters. The molecule has 1 heterocycles. The Morgan fingerprint density at radius 2 is 1.95 bits per heavy atom. The number of hydrogen-bond acceptors (Lipinski definition) is 3. The summed E-state index contributed by atoms with van der Waals surface area (Å²) in [4.78, 5) is 22.7. The van der Waals surface area contributed by atoms with Gasteiger partial charge in [-0.25, -0.2) is 4.79 Å². The van der Waals surface area contributed by atoms with Crippen molar-refractivity contribution in [2.75, 3.05) is 5.32 Å². The third kappa shape index (κ3) is 3.56. The standard InChI is InChI=1S/C13H10ClNO3S/c14-9-4-2-1-3-8(9)7-11(16)15-12-6-5-10(19-12)13(17)18/h1-6H,7H2,(H,15,16)(H,17,18). The number of anilines is 1. The van der Waals surface area contributed by atoms with Crippen LogP contribution in [0.5, 0.6) is 0 Å². The van der Waals surface area contributed by atoms with Gasteiger partial charge in [0.05, 0.1) is 11.4 Å². The minimum atomic E-state index is -1.00. The summed E-state index contributed by atoms with van der Waals surface area (Å²) in [6.07, 6.45) is 0.153. The van der Waals surface area contributed by atoms with Crippen LogP contribution in [0.3, 0.4) is 0 Å². The van der Waals surface area contributed by atoms with E-state index in [9.17, 15) is 9.59 Å². The number of carbonyl (C=O) groups is 2. The van der Waals surface area contributed by atoms with Crippen LogP contribution in [0.1, 0.15) is 15.2 Å². The van der Waals surface area contributed by atoms with E-state index in [4.69, 9.17) is 16.7 Å². The summed E-state index contributed by atoms with van der Waals surface area (Å²) in [6.45, 7) is 0. The number of carboxylic acids is 1. The number of benzene rings is 1. The van der Waals surface area contributed by atoms with Gasteiger partial charge in [-0.05, 0) is 23.8 Å². The van der Waals surface area contributed by atoms with E-state index >= 15 is 0 Å².